The minimum absolute atomic E-state index is 0.137. The van der Waals surface area contributed by atoms with Crippen molar-refractivity contribution in [2.75, 3.05) is 27.4 Å². The molecule has 1 atom stereocenters. The highest BCUT2D eigenvalue weighted by Gasteiger charge is 2.17. The molecule has 0 heterocycles. The topological polar surface area (TPSA) is 51.5 Å². The zero-order valence-electron chi connectivity index (χ0n) is 12.0. The van der Waals surface area contributed by atoms with Crippen LogP contribution in [0.5, 0.6) is 11.5 Å². The molecule has 0 fully saturated rings. The molecule has 0 aliphatic carbocycles. The lowest BCUT2D eigenvalue weighted by Gasteiger charge is -2.16. The number of methoxy groups -OCH3 is 2. The molecular weight excluding hydrogens is 242 g/mol. The molecule has 0 saturated heterocycles. The Labute approximate surface area is 114 Å². The van der Waals surface area contributed by atoms with Crippen LogP contribution in [0, 0.1) is 17.2 Å². The molecule has 0 aliphatic rings. The molecule has 0 bridgehead atoms. The maximum atomic E-state index is 9.22. The van der Waals surface area contributed by atoms with E-state index in [0.717, 1.165) is 5.56 Å². The first-order valence-corrected chi connectivity index (χ1v) is 6.33. The summed E-state index contributed by atoms with van der Waals surface area (Å²) in [5.74, 6) is 1.44. The van der Waals surface area contributed by atoms with E-state index in [-0.39, 0.29) is 11.8 Å². The Bertz CT molecular complexity index is 438. The summed E-state index contributed by atoms with van der Waals surface area (Å²) < 4.78 is 15.8. The van der Waals surface area contributed by atoms with Crippen LogP contribution in [-0.4, -0.2) is 27.4 Å². The zero-order chi connectivity index (χ0) is 14.3. The molecule has 4 heteroatoms. The summed E-state index contributed by atoms with van der Waals surface area (Å²) in [6, 6.07) is 7.95. The number of hydrogen-bond donors (Lipinski definition) is 0. The number of ether oxygens (including phenoxy) is 3. The summed E-state index contributed by atoms with van der Waals surface area (Å²) in [5, 5.41) is 9.22. The number of rotatable bonds is 7. The Hall–Kier alpha value is -1.73. The van der Waals surface area contributed by atoms with E-state index >= 15 is 0 Å². The van der Waals surface area contributed by atoms with E-state index in [1.807, 2.05) is 32.0 Å². The SMILES string of the molecule is COCCOc1ccc(C(C#N)C(C)C)cc1OC. The van der Waals surface area contributed by atoms with Gasteiger partial charge >= 0.3 is 0 Å². The van der Waals surface area contributed by atoms with E-state index in [2.05, 4.69) is 6.07 Å². The normalized spacial score (nSPS) is 12.0. The van der Waals surface area contributed by atoms with Gasteiger partial charge in [-0.1, -0.05) is 19.9 Å². The minimum atomic E-state index is -0.137. The van der Waals surface area contributed by atoms with E-state index in [1.54, 1.807) is 14.2 Å². The Morgan fingerprint density at radius 1 is 1.16 bits per heavy atom. The second-order valence-corrected chi connectivity index (χ2v) is 4.60. The third-order valence-electron chi connectivity index (χ3n) is 2.90. The summed E-state index contributed by atoms with van der Waals surface area (Å²) in [6.07, 6.45) is 0. The standard InChI is InChI=1S/C15H21NO3/c1-11(2)13(10-16)12-5-6-14(15(9-12)18-4)19-8-7-17-3/h5-6,9,11,13H,7-8H2,1-4H3. The van der Waals surface area contributed by atoms with Gasteiger partial charge in [0.1, 0.15) is 6.61 Å². The number of hydrogen-bond acceptors (Lipinski definition) is 4. The Morgan fingerprint density at radius 3 is 2.42 bits per heavy atom. The summed E-state index contributed by atoms with van der Waals surface area (Å²) in [6.45, 7) is 5.06. The van der Waals surface area contributed by atoms with Crippen molar-refractivity contribution in [2.45, 2.75) is 19.8 Å². The van der Waals surface area contributed by atoms with Gasteiger partial charge in [-0.15, -0.1) is 0 Å². The van der Waals surface area contributed by atoms with Crippen LogP contribution in [-0.2, 0) is 4.74 Å². The fourth-order valence-electron chi connectivity index (χ4n) is 1.84. The molecule has 0 aromatic heterocycles. The summed E-state index contributed by atoms with van der Waals surface area (Å²) in [4.78, 5) is 0. The van der Waals surface area contributed by atoms with E-state index in [1.165, 1.54) is 0 Å². The fourth-order valence-corrected chi connectivity index (χ4v) is 1.84. The Morgan fingerprint density at radius 2 is 1.89 bits per heavy atom. The van der Waals surface area contributed by atoms with E-state index in [9.17, 15) is 5.26 Å². The fraction of sp³-hybridized carbons (Fsp3) is 0.533. The molecule has 1 aromatic carbocycles. The average Bonchev–Trinajstić information content (AvgIpc) is 2.40. The van der Waals surface area contributed by atoms with Crippen LogP contribution in [0.25, 0.3) is 0 Å². The first kappa shape index (κ1) is 15.3. The molecule has 1 aromatic rings. The monoisotopic (exact) mass is 263 g/mol. The molecule has 104 valence electrons. The van der Waals surface area contributed by atoms with Crippen molar-refractivity contribution in [1.82, 2.24) is 0 Å². The van der Waals surface area contributed by atoms with Gasteiger partial charge in [-0.05, 0) is 23.6 Å². The van der Waals surface area contributed by atoms with Crippen LogP contribution in [0.4, 0.5) is 0 Å². The Kier molecular flexibility index (Phi) is 6.17. The van der Waals surface area contributed by atoms with Crippen LogP contribution in [0.15, 0.2) is 18.2 Å². The number of benzene rings is 1. The molecule has 1 unspecified atom stereocenters. The largest absolute Gasteiger partial charge is 0.493 e. The highest BCUT2D eigenvalue weighted by molar-refractivity contribution is 5.45. The van der Waals surface area contributed by atoms with Crippen LogP contribution in [0.3, 0.4) is 0 Å². The number of nitrogens with zero attached hydrogens (tertiary/aromatic N) is 1. The molecule has 0 N–H and O–H groups in total. The lowest BCUT2D eigenvalue weighted by atomic mass is 9.90. The minimum Gasteiger partial charge on any atom is -0.493 e. The van der Waals surface area contributed by atoms with Gasteiger partial charge < -0.3 is 14.2 Å². The van der Waals surface area contributed by atoms with E-state index < -0.39 is 0 Å². The van der Waals surface area contributed by atoms with Gasteiger partial charge in [-0.3, -0.25) is 0 Å². The van der Waals surface area contributed by atoms with Crippen molar-refractivity contribution < 1.29 is 14.2 Å². The highest BCUT2D eigenvalue weighted by atomic mass is 16.5. The van der Waals surface area contributed by atoms with Crippen molar-refractivity contribution in [3.05, 3.63) is 23.8 Å². The smallest absolute Gasteiger partial charge is 0.161 e. The maximum Gasteiger partial charge on any atom is 0.161 e. The van der Waals surface area contributed by atoms with E-state index in [4.69, 9.17) is 14.2 Å². The van der Waals surface area contributed by atoms with Gasteiger partial charge in [-0.25, -0.2) is 0 Å². The Balaban J connectivity index is 2.92. The average molecular weight is 263 g/mol. The molecule has 0 aliphatic heterocycles. The molecule has 19 heavy (non-hydrogen) atoms. The lowest BCUT2D eigenvalue weighted by molar-refractivity contribution is 0.144. The summed E-state index contributed by atoms with van der Waals surface area (Å²) >= 11 is 0. The van der Waals surface area contributed by atoms with Crippen LogP contribution in [0.1, 0.15) is 25.3 Å². The second-order valence-electron chi connectivity index (χ2n) is 4.60. The summed E-state index contributed by atoms with van der Waals surface area (Å²) in [7, 11) is 3.23. The van der Waals surface area contributed by atoms with Crippen LogP contribution >= 0.6 is 0 Å². The second kappa shape index (κ2) is 7.65. The number of nitriles is 1. The van der Waals surface area contributed by atoms with Crippen LogP contribution < -0.4 is 9.47 Å². The molecular formula is C15H21NO3. The van der Waals surface area contributed by atoms with Gasteiger partial charge in [0.25, 0.3) is 0 Å². The maximum absolute atomic E-state index is 9.22. The lowest BCUT2D eigenvalue weighted by Crippen LogP contribution is -2.07. The third-order valence-corrected chi connectivity index (χ3v) is 2.90. The zero-order valence-corrected chi connectivity index (χ0v) is 12.0. The van der Waals surface area contributed by atoms with Crippen LogP contribution in [0.2, 0.25) is 0 Å². The van der Waals surface area contributed by atoms with Gasteiger partial charge in [0, 0.05) is 7.11 Å². The van der Waals surface area contributed by atoms with Gasteiger partial charge in [0.2, 0.25) is 0 Å². The summed E-state index contributed by atoms with van der Waals surface area (Å²) in [5.41, 5.74) is 0.952. The van der Waals surface area contributed by atoms with E-state index in [0.29, 0.717) is 24.7 Å². The molecule has 4 nitrogen and oxygen atoms in total. The molecule has 0 radical (unpaired) electrons. The van der Waals surface area contributed by atoms with Gasteiger partial charge in [0.05, 0.1) is 25.7 Å². The van der Waals surface area contributed by atoms with Crippen molar-refractivity contribution >= 4 is 0 Å². The highest BCUT2D eigenvalue weighted by Crippen LogP contribution is 2.33. The predicted octanol–water partition coefficient (Wildman–Crippen LogP) is 2.98. The molecule has 0 saturated carbocycles. The molecule has 0 amide bonds. The van der Waals surface area contributed by atoms with Crippen molar-refractivity contribution in [1.29, 1.82) is 5.26 Å². The van der Waals surface area contributed by atoms with Crippen molar-refractivity contribution in [3.8, 4) is 17.6 Å². The first-order valence-electron chi connectivity index (χ1n) is 6.33. The van der Waals surface area contributed by atoms with Gasteiger partial charge in [0.15, 0.2) is 11.5 Å². The van der Waals surface area contributed by atoms with Crippen molar-refractivity contribution in [3.63, 3.8) is 0 Å². The molecule has 1 rings (SSSR count). The first-order chi connectivity index (χ1) is 9.13. The quantitative estimate of drug-likeness (QED) is 0.710. The molecule has 0 spiro atoms. The predicted molar refractivity (Wildman–Crippen MR) is 73.6 cm³/mol. The third kappa shape index (κ3) is 4.15. The van der Waals surface area contributed by atoms with Crippen molar-refractivity contribution in [2.24, 2.45) is 5.92 Å². The van der Waals surface area contributed by atoms with Gasteiger partial charge in [-0.2, -0.15) is 5.26 Å².